The first kappa shape index (κ1) is 13.5. The van der Waals surface area contributed by atoms with Gasteiger partial charge in [-0.25, -0.2) is 4.99 Å². The van der Waals surface area contributed by atoms with Crippen LogP contribution in [0.1, 0.15) is 13.3 Å². The Morgan fingerprint density at radius 2 is 2.29 bits per heavy atom. The van der Waals surface area contributed by atoms with Crippen LogP contribution in [-0.2, 0) is 0 Å². The lowest BCUT2D eigenvalue weighted by atomic mass is 10.4. The van der Waals surface area contributed by atoms with Gasteiger partial charge in [0.15, 0.2) is 0 Å². The third kappa shape index (κ3) is 6.97. The number of nitrogens with two attached hydrogens (primary N) is 1. The molecule has 0 unspecified atom stereocenters. The molecule has 2 N–H and O–H groups in total. The Kier molecular flexibility index (Phi) is 8.78. The second-order valence-electron chi connectivity index (χ2n) is 3.05. The summed E-state index contributed by atoms with van der Waals surface area (Å²) in [5, 5.41) is 0. The van der Waals surface area contributed by atoms with E-state index >= 15 is 0 Å². The molecule has 3 nitrogen and oxygen atoms in total. The van der Waals surface area contributed by atoms with Gasteiger partial charge in [0.2, 0.25) is 0 Å². The maximum Gasteiger partial charge on any atom is 0.101 e. The first-order chi connectivity index (χ1) is 6.72. The van der Waals surface area contributed by atoms with E-state index in [1.807, 2.05) is 31.0 Å². The maximum absolute atomic E-state index is 5.36. The van der Waals surface area contributed by atoms with Crippen LogP contribution in [0, 0.1) is 0 Å². The molecule has 0 radical (unpaired) electrons. The highest BCUT2D eigenvalue weighted by molar-refractivity contribution is 7.98. The van der Waals surface area contributed by atoms with E-state index in [1.165, 1.54) is 0 Å². The van der Waals surface area contributed by atoms with Crippen molar-refractivity contribution in [2.45, 2.75) is 13.3 Å². The molecule has 0 aromatic heterocycles. The summed E-state index contributed by atoms with van der Waals surface area (Å²) in [6, 6.07) is 0. The molecule has 0 atom stereocenters. The molecule has 0 saturated carbocycles. The van der Waals surface area contributed by atoms with Crippen molar-refractivity contribution in [1.82, 2.24) is 4.90 Å². The first-order valence-corrected chi connectivity index (χ1v) is 6.21. The van der Waals surface area contributed by atoms with Gasteiger partial charge in [0.25, 0.3) is 0 Å². The molecule has 0 spiro atoms. The molecular weight excluding hydrogens is 194 g/mol. The van der Waals surface area contributed by atoms with E-state index in [0.717, 1.165) is 24.6 Å². The third-order valence-corrected chi connectivity index (χ3v) is 2.47. The molecule has 0 aliphatic heterocycles. The van der Waals surface area contributed by atoms with Gasteiger partial charge < -0.3 is 10.6 Å². The molecule has 0 bridgehead atoms. The molecule has 0 rings (SSSR count). The fourth-order valence-electron chi connectivity index (χ4n) is 0.820. The standard InChI is InChI=1S/C10H21N3S/c1-10(12-7-5-4-6-11)13(2)8-9-14-3/h5,7H,4,6,8-9,11H2,1-3H3/b7-5-,12-10+. The molecule has 82 valence electrons. The average Bonchev–Trinajstić information content (AvgIpc) is 2.20. The molecule has 0 fully saturated rings. The number of hydrogen-bond donors (Lipinski definition) is 1. The van der Waals surface area contributed by atoms with Crippen molar-refractivity contribution in [2.24, 2.45) is 10.7 Å². The highest BCUT2D eigenvalue weighted by Gasteiger charge is 1.97. The minimum Gasteiger partial charge on any atom is -0.363 e. The van der Waals surface area contributed by atoms with Gasteiger partial charge in [-0.05, 0) is 26.1 Å². The molecule has 0 amide bonds. The van der Waals surface area contributed by atoms with Gasteiger partial charge in [0, 0.05) is 25.5 Å². The molecule has 14 heavy (non-hydrogen) atoms. The van der Waals surface area contributed by atoms with Crippen molar-refractivity contribution in [1.29, 1.82) is 0 Å². The monoisotopic (exact) mass is 215 g/mol. The summed E-state index contributed by atoms with van der Waals surface area (Å²) in [6.45, 7) is 3.75. The SMILES string of the molecule is CSCCN(C)/C(C)=N/C=C\CCN. The smallest absolute Gasteiger partial charge is 0.101 e. The lowest BCUT2D eigenvalue weighted by Gasteiger charge is -2.17. The zero-order chi connectivity index (χ0) is 10.8. The van der Waals surface area contributed by atoms with E-state index in [1.54, 1.807) is 0 Å². The lowest BCUT2D eigenvalue weighted by molar-refractivity contribution is 0.537. The fraction of sp³-hybridized carbons (Fsp3) is 0.700. The number of hydrogen-bond acceptors (Lipinski definition) is 3. The Bertz CT molecular complexity index is 190. The van der Waals surface area contributed by atoms with Crippen molar-refractivity contribution in [2.75, 3.05) is 32.1 Å². The number of thioether (sulfide) groups is 1. The second-order valence-corrected chi connectivity index (χ2v) is 4.04. The van der Waals surface area contributed by atoms with E-state index < -0.39 is 0 Å². The van der Waals surface area contributed by atoms with Crippen LogP contribution in [0.2, 0.25) is 0 Å². The largest absolute Gasteiger partial charge is 0.363 e. The van der Waals surface area contributed by atoms with E-state index in [2.05, 4.69) is 23.2 Å². The van der Waals surface area contributed by atoms with Crippen LogP contribution >= 0.6 is 11.8 Å². The van der Waals surface area contributed by atoms with Crippen LogP contribution in [0.5, 0.6) is 0 Å². The van der Waals surface area contributed by atoms with Crippen molar-refractivity contribution in [3.63, 3.8) is 0 Å². The van der Waals surface area contributed by atoms with Crippen LogP contribution in [0.25, 0.3) is 0 Å². The summed E-state index contributed by atoms with van der Waals surface area (Å²) in [5.74, 6) is 2.18. The third-order valence-electron chi connectivity index (χ3n) is 1.88. The average molecular weight is 215 g/mol. The Morgan fingerprint density at radius 1 is 1.57 bits per heavy atom. The number of rotatable bonds is 6. The molecule has 4 heteroatoms. The van der Waals surface area contributed by atoms with Crippen LogP contribution in [0.15, 0.2) is 17.3 Å². The topological polar surface area (TPSA) is 41.6 Å². The molecule has 0 aliphatic carbocycles. The summed E-state index contributed by atoms with van der Waals surface area (Å²) in [5.41, 5.74) is 5.36. The minimum atomic E-state index is 0.688. The predicted octanol–water partition coefficient (Wildman–Crippen LogP) is 1.56. The quantitative estimate of drug-likeness (QED) is 0.540. The Morgan fingerprint density at radius 3 is 2.86 bits per heavy atom. The van der Waals surface area contributed by atoms with Gasteiger partial charge >= 0.3 is 0 Å². The van der Waals surface area contributed by atoms with Crippen LogP contribution in [0.3, 0.4) is 0 Å². The molecule has 0 heterocycles. The summed E-state index contributed by atoms with van der Waals surface area (Å²) in [4.78, 5) is 6.47. The Hall–Kier alpha value is -0.480. The zero-order valence-electron chi connectivity index (χ0n) is 9.36. The maximum atomic E-state index is 5.36. The van der Waals surface area contributed by atoms with Crippen molar-refractivity contribution in [3.05, 3.63) is 12.3 Å². The lowest BCUT2D eigenvalue weighted by Crippen LogP contribution is -2.26. The number of nitrogens with zero attached hydrogens (tertiary/aromatic N) is 2. The highest BCUT2D eigenvalue weighted by atomic mass is 32.2. The summed E-state index contributed by atoms with van der Waals surface area (Å²) < 4.78 is 0. The Labute approximate surface area is 91.5 Å². The summed E-state index contributed by atoms with van der Waals surface area (Å²) in [7, 11) is 2.06. The summed E-state index contributed by atoms with van der Waals surface area (Å²) >= 11 is 1.85. The molecule has 0 aromatic carbocycles. The van der Waals surface area contributed by atoms with E-state index in [-0.39, 0.29) is 0 Å². The first-order valence-electron chi connectivity index (χ1n) is 4.82. The predicted molar refractivity (Wildman–Crippen MR) is 66.9 cm³/mol. The second kappa shape index (κ2) is 9.09. The van der Waals surface area contributed by atoms with Crippen LogP contribution in [-0.4, -0.2) is 42.9 Å². The molecule has 0 saturated heterocycles. The van der Waals surface area contributed by atoms with E-state index in [9.17, 15) is 0 Å². The van der Waals surface area contributed by atoms with Gasteiger partial charge in [0.1, 0.15) is 5.84 Å². The Balaban J connectivity index is 3.83. The fourth-order valence-corrected chi connectivity index (χ4v) is 1.28. The van der Waals surface area contributed by atoms with E-state index in [4.69, 9.17) is 5.73 Å². The van der Waals surface area contributed by atoms with Gasteiger partial charge in [-0.3, -0.25) is 0 Å². The zero-order valence-corrected chi connectivity index (χ0v) is 10.2. The van der Waals surface area contributed by atoms with Gasteiger partial charge in [-0.15, -0.1) is 0 Å². The molecular formula is C10H21N3S. The highest BCUT2D eigenvalue weighted by Crippen LogP contribution is 1.95. The molecule has 0 aromatic rings. The van der Waals surface area contributed by atoms with Crippen molar-refractivity contribution >= 4 is 17.6 Å². The summed E-state index contributed by atoms with van der Waals surface area (Å²) in [6.07, 6.45) is 6.83. The van der Waals surface area contributed by atoms with Gasteiger partial charge in [-0.2, -0.15) is 11.8 Å². The van der Waals surface area contributed by atoms with Crippen molar-refractivity contribution < 1.29 is 0 Å². The molecule has 0 aliphatic rings. The van der Waals surface area contributed by atoms with Gasteiger partial charge in [0.05, 0.1) is 0 Å². The minimum absolute atomic E-state index is 0.688. The van der Waals surface area contributed by atoms with Crippen molar-refractivity contribution in [3.8, 4) is 0 Å². The number of amidine groups is 1. The van der Waals surface area contributed by atoms with E-state index in [0.29, 0.717) is 6.54 Å². The normalized spacial score (nSPS) is 12.4. The van der Waals surface area contributed by atoms with Crippen LogP contribution < -0.4 is 5.73 Å². The van der Waals surface area contributed by atoms with Crippen LogP contribution in [0.4, 0.5) is 0 Å². The van der Waals surface area contributed by atoms with Gasteiger partial charge in [-0.1, -0.05) is 6.08 Å². The number of aliphatic imine (C=N–C) groups is 1.